The lowest BCUT2D eigenvalue weighted by Crippen LogP contribution is -2.41. The molecule has 4 nitrogen and oxygen atoms in total. The van der Waals surface area contributed by atoms with E-state index in [1.807, 2.05) is 42.6 Å². The third kappa shape index (κ3) is 4.28. The molecule has 1 amide bonds. The molecule has 0 N–H and O–H groups in total. The number of benzene rings is 1. The van der Waals surface area contributed by atoms with E-state index in [1.54, 1.807) is 4.90 Å². The van der Waals surface area contributed by atoms with E-state index in [4.69, 9.17) is 4.74 Å². The summed E-state index contributed by atoms with van der Waals surface area (Å²) in [6.07, 6.45) is 2.17. The minimum Gasteiger partial charge on any atom is -0.451 e. The predicted molar refractivity (Wildman–Crippen MR) is 99.8 cm³/mol. The third-order valence-electron chi connectivity index (χ3n) is 4.55. The monoisotopic (exact) mass is 357 g/mol. The second-order valence-corrected chi connectivity index (χ2v) is 7.61. The number of amides is 1. The van der Waals surface area contributed by atoms with Crippen molar-refractivity contribution in [3.63, 3.8) is 0 Å². The number of likely N-dealkylation sites (tertiary alicyclic amines) is 1. The van der Waals surface area contributed by atoms with Gasteiger partial charge < -0.3 is 9.64 Å². The molecular formula is C20H23NO3S. The summed E-state index contributed by atoms with van der Waals surface area (Å²) in [5.74, 6) is -0.0174. The molecule has 132 valence electrons. The summed E-state index contributed by atoms with van der Waals surface area (Å²) in [5.41, 5.74) is 3.01. The topological polar surface area (TPSA) is 46.6 Å². The Morgan fingerprint density at radius 2 is 2.00 bits per heavy atom. The Balaban J connectivity index is 1.63. The average molecular weight is 357 g/mol. The molecule has 0 bridgehead atoms. The standard InChI is InChI=1S/C20H23NO3S/c1-14-5-7-16(8-6-14)17-9-11-25-19(17)20(23)24-13-18(22)21-10-3-4-15(2)12-21/h5-9,11,15H,3-4,10,12-13H2,1-2H3/t15-/m0/s1. The highest BCUT2D eigenvalue weighted by atomic mass is 32.1. The van der Waals surface area contributed by atoms with Crippen LogP contribution in [0.25, 0.3) is 11.1 Å². The molecule has 0 unspecified atom stereocenters. The van der Waals surface area contributed by atoms with Gasteiger partial charge in [0, 0.05) is 18.7 Å². The first-order chi connectivity index (χ1) is 12.0. The molecule has 1 atom stereocenters. The normalized spacial score (nSPS) is 17.4. The van der Waals surface area contributed by atoms with E-state index in [-0.39, 0.29) is 12.5 Å². The van der Waals surface area contributed by atoms with Crippen LogP contribution >= 0.6 is 11.3 Å². The molecule has 1 saturated heterocycles. The number of ether oxygens (including phenoxy) is 1. The number of rotatable bonds is 4. The smallest absolute Gasteiger partial charge is 0.349 e. The van der Waals surface area contributed by atoms with Crippen LogP contribution in [0.5, 0.6) is 0 Å². The summed E-state index contributed by atoms with van der Waals surface area (Å²) >= 11 is 1.34. The van der Waals surface area contributed by atoms with Crippen molar-refractivity contribution >= 4 is 23.2 Å². The van der Waals surface area contributed by atoms with Crippen LogP contribution in [0.2, 0.25) is 0 Å². The second-order valence-electron chi connectivity index (χ2n) is 6.69. The first kappa shape index (κ1) is 17.7. The maximum Gasteiger partial charge on any atom is 0.349 e. The molecular weight excluding hydrogens is 334 g/mol. The minimum atomic E-state index is -0.427. The van der Waals surface area contributed by atoms with Crippen LogP contribution in [0.15, 0.2) is 35.7 Å². The van der Waals surface area contributed by atoms with Crippen LogP contribution in [0.3, 0.4) is 0 Å². The van der Waals surface area contributed by atoms with Crippen molar-refractivity contribution in [2.45, 2.75) is 26.7 Å². The number of nitrogens with zero attached hydrogens (tertiary/aromatic N) is 1. The molecule has 1 aliphatic heterocycles. The molecule has 5 heteroatoms. The van der Waals surface area contributed by atoms with Crippen LogP contribution in [0, 0.1) is 12.8 Å². The molecule has 0 radical (unpaired) electrons. The van der Waals surface area contributed by atoms with Crippen LogP contribution < -0.4 is 0 Å². The van der Waals surface area contributed by atoms with Gasteiger partial charge in [-0.25, -0.2) is 4.79 Å². The lowest BCUT2D eigenvalue weighted by atomic mass is 10.0. The highest BCUT2D eigenvalue weighted by Gasteiger charge is 2.23. The average Bonchev–Trinajstić information content (AvgIpc) is 3.10. The van der Waals surface area contributed by atoms with Gasteiger partial charge in [-0.05, 0) is 42.7 Å². The van der Waals surface area contributed by atoms with Crippen LogP contribution in [-0.2, 0) is 9.53 Å². The zero-order chi connectivity index (χ0) is 17.8. The van der Waals surface area contributed by atoms with Gasteiger partial charge in [0.1, 0.15) is 4.88 Å². The number of thiophene rings is 1. The Bertz CT molecular complexity index is 751. The minimum absolute atomic E-state index is 0.103. The molecule has 2 aromatic rings. The molecule has 1 fully saturated rings. The maximum atomic E-state index is 12.4. The van der Waals surface area contributed by atoms with Crippen molar-refractivity contribution in [1.29, 1.82) is 0 Å². The predicted octanol–water partition coefficient (Wildman–Crippen LogP) is 4.14. The van der Waals surface area contributed by atoms with Gasteiger partial charge in [-0.1, -0.05) is 36.8 Å². The molecule has 0 spiro atoms. The number of hydrogen-bond donors (Lipinski definition) is 0. The molecule has 2 heterocycles. The second kappa shape index (κ2) is 7.83. The summed E-state index contributed by atoms with van der Waals surface area (Å²) in [4.78, 5) is 27.0. The largest absolute Gasteiger partial charge is 0.451 e. The van der Waals surface area contributed by atoms with Crippen molar-refractivity contribution in [3.8, 4) is 11.1 Å². The van der Waals surface area contributed by atoms with Crippen LogP contribution in [-0.4, -0.2) is 36.5 Å². The Morgan fingerprint density at radius 3 is 2.72 bits per heavy atom. The number of carbonyl (C=O) groups excluding carboxylic acids is 2. The van der Waals surface area contributed by atoms with E-state index in [0.717, 1.165) is 37.1 Å². The van der Waals surface area contributed by atoms with Gasteiger partial charge in [-0.15, -0.1) is 11.3 Å². The number of hydrogen-bond acceptors (Lipinski definition) is 4. The maximum absolute atomic E-state index is 12.4. The highest BCUT2D eigenvalue weighted by Crippen LogP contribution is 2.29. The summed E-state index contributed by atoms with van der Waals surface area (Å²) in [6.45, 7) is 5.50. The number of esters is 1. The van der Waals surface area contributed by atoms with E-state index in [0.29, 0.717) is 10.8 Å². The number of carbonyl (C=O) groups is 2. The van der Waals surface area contributed by atoms with Gasteiger partial charge in [0.25, 0.3) is 5.91 Å². The Morgan fingerprint density at radius 1 is 1.24 bits per heavy atom. The summed E-state index contributed by atoms with van der Waals surface area (Å²) in [6, 6.07) is 9.94. The fourth-order valence-corrected chi connectivity index (χ4v) is 3.94. The van der Waals surface area contributed by atoms with Gasteiger partial charge in [0.2, 0.25) is 0 Å². The fourth-order valence-electron chi connectivity index (χ4n) is 3.13. The lowest BCUT2D eigenvalue weighted by molar-refractivity contribution is -0.136. The van der Waals surface area contributed by atoms with E-state index in [1.165, 1.54) is 16.9 Å². The zero-order valence-corrected chi connectivity index (χ0v) is 15.5. The fraction of sp³-hybridized carbons (Fsp3) is 0.400. The van der Waals surface area contributed by atoms with Gasteiger partial charge in [-0.3, -0.25) is 4.79 Å². The van der Waals surface area contributed by atoms with Crippen LogP contribution in [0.1, 0.15) is 35.0 Å². The van der Waals surface area contributed by atoms with Crippen LogP contribution in [0.4, 0.5) is 0 Å². The van der Waals surface area contributed by atoms with Gasteiger partial charge >= 0.3 is 5.97 Å². The first-order valence-electron chi connectivity index (χ1n) is 8.64. The van der Waals surface area contributed by atoms with Crippen molar-refractivity contribution < 1.29 is 14.3 Å². The Labute approximate surface area is 152 Å². The lowest BCUT2D eigenvalue weighted by Gasteiger charge is -2.30. The summed E-state index contributed by atoms with van der Waals surface area (Å²) in [7, 11) is 0. The van der Waals surface area contributed by atoms with E-state index in [9.17, 15) is 9.59 Å². The highest BCUT2D eigenvalue weighted by molar-refractivity contribution is 7.12. The zero-order valence-electron chi connectivity index (χ0n) is 14.7. The Kier molecular flexibility index (Phi) is 5.53. The quantitative estimate of drug-likeness (QED) is 0.773. The molecule has 1 aromatic heterocycles. The van der Waals surface area contributed by atoms with Crippen molar-refractivity contribution in [1.82, 2.24) is 4.90 Å². The Hall–Kier alpha value is -2.14. The molecule has 25 heavy (non-hydrogen) atoms. The molecule has 3 rings (SSSR count). The molecule has 1 aliphatic rings. The number of aryl methyl sites for hydroxylation is 1. The summed E-state index contributed by atoms with van der Waals surface area (Å²) < 4.78 is 5.30. The molecule has 0 saturated carbocycles. The molecule has 1 aromatic carbocycles. The molecule has 0 aliphatic carbocycles. The first-order valence-corrected chi connectivity index (χ1v) is 9.52. The van der Waals surface area contributed by atoms with Gasteiger partial charge in [0.15, 0.2) is 6.61 Å². The van der Waals surface area contributed by atoms with Crippen molar-refractivity contribution in [2.24, 2.45) is 5.92 Å². The van der Waals surface area contributed by atoms with E-state index in [2.05, 4.69) is 6.92 Å². The van der Waals surface area contributed by atoms with Gasteiger partial charge in [0.05, 0.1) is 0 Å². The van der Waals surface area contributed by atoms with Gasteiger partial charge in [-0.2, -0.15) is 0 Å². The number of piperidine rings is 1. The van der Waals surface area contributed by atoms with Crippen molar-refractivity contribution in [3.05, 3.63) is 46.2 Å². The van der Waals surface area contributed by atoms with E-state index < -0.39 is 5.97 Å². The third-order valence-corrected chi connectivity index (χ3v) is 5.44. The van der Waals surface area contributed by atoms with Crippen molar-refractivity contribution in [2.75, 3.05) is 19.7 Å². The summed E-state index contributed by atoms with van der Waals surface area (Å²) in [5, 5.41) is 1.87. The van der Waals surface area contributed by atoms with E-state index >= 15 is 0 Å². The SMILES string of the molecule is Cc1ccc(-c2ccsc2C(=O)OCC(=O)N2CCC[C@H](C)C2)cc1.